The zero-order valence-corrected chi connectivity index (χ0v) is 11.8. The molecule has 5 heteroatoms. The highest BCUT2D eigenvalue weighted by Gasteiger charge is 2.25. The molecule has 2 aliphatic rings. The molecule has 0 atom stereocenters. The molecule has 108 valence electrons. The van der Waals surface area contributed by atoms with E-state index in [2.05, 4.69) is 21.3 Å². The summed E-state index contributed by atoms with van der Waals surface area (Å²) in [4.78, 5) is 20.7. The maximum absolute atomic E-state index is 12.1. The van der Waals surface area contributed by atoms with Crippen LogP contribution >= 0.6 is 0 Å². The van der Waals surface area contributed by atoms with Crippen molar-refractivity contribution in [1.82, 2.24) is 20.1 Å². The van der Waals surface area contributed by atoms with E-state index in [1.165, 1.54) is 5.56 Å². The number of amides is 1. The second-order valence-electron chi connectivity index (χ2n) is 5.75. The van der Waals surface area contributed by atoms with E-state index >= 15 is 0 Å². The van der Waals surface area contributed by atoms with Crippen molar-refractivity contribution in [3.8, 4) is 0 Å². The van der Waals surface area contributed by atoms with Gasteiger partial charge in [-0.25, -0.2) is 0 Å². The standard InChI is InChI=1S/C15H22N4O/c20-15(8-14-10-17-11-14)19-6-4-18(5-7-19)12-13-2-1-3-16-9-13/h1-3,9,14,17H,4-8,10-12H2. The van der Waals surface area contributed by atoms with Gasteiger partial charge in [0.1, 0.15) is 0 Å². The van der Waals surface area contributed by atoms with Gasteiger partial charge in [0.2, 0.25) is 5.91 Å². The fraction of sp³-hybridized carbons (Fsp3) is 0.600. The third kappa shape index (κ3) is 3.35. The molecule has 20 heavy (non-hydrogen) atoms. The molecular weight excluding hydrogens is 252 g/mol. The molecule has 3 rings (SSSR count). The van der Waals surface area contributed by atoms with Gasteiger partial charge < -0.3 is 10.2 Å². The van der Waals surface area contributed by atoms with Crippen molar-refractivity contribution in [2.45, 2.75) is 13.0 Å². The highest BCUT2D eigenvalue weighted by atomic mass is 16.2. The van der Waals surface area contributed by atoms with Crippen molar-refractivity contribution >= 4 is 5.91 Å². The van der Waals surface area contributed by atoms with Crippen LogP contribution in [0.25, 0.3) is 0 Å². The molecule has 1 aromatic rings. The summed E-state index contributed by atoms with van der Waals surface area (Å²) in [7, 11) is 0. The Hall–Kier alpha value is -1.46. The minimum atomic E-state index is 0.331. The van der Waals surface area contributed by atoms with E-state index in [-0.39, 0.29) is 0 Å². The summed E-state index contributed by atoms with van der Waals surface area (Å²) in [5.74, 6) is 0.897. The Labute approximate surface area is 120 Å². The number of aromatic nitrogens is 1. The number of carbonyl (C=O) groups is 1. The van der Waals surface area contributed by atoms with Gasteiger partial charge >= 0.3 is 0 Å². The first-order valence-electron chi connectivity index (χ1n) is 7.41. The third-order valence-corrected chi connectivity index (χ3v) is 4.18. The fourth-order valence-corrected chi connectivity index (χ4v) is 2.77. The molecule has 0 aliphatic carbocycles. The van der Waals surface area contributed by atoms with Gasteiger partial charge in [0.25, 0.3) is 0 Å². The van der Waals surface area contributed by atoms with Gasteiger partial charge in [-0.3, -0.25) is 14.7 Å². The molecule has 1 N–H and O–H groups in total. The first kappa shape index (κ1) is 13.5. The van der Waals surface area contributed by atoms with Crippen molar-refractivity contribution in [3.05, 3.63) is 30.1 Å². The zero-order chi connectivity index (χ0) is 13.8. The van der Waals surface area contributed by atoms with Crippen LogP contribution in [0.1, 0.15) is 12.0 Å². The molecule has 0 saturated carbocycles. The van der Waals surface area contributed by atoms with Crippen molar-refractivity contribution in [3.63, 3.8) is 0 Å². The monoisotopic (exact) mass is 274 g/mol. The minimum absolute atomic E-state index is 0.331. The SMILES string of the molecule is O=C(CC1CNC1)N1CCN(Cc2cccnc2)CC1. The molecule has 1 aromatic heterocycles. The van der Waals surface area contributed by atoms with E-state index in [4.69, 9.17) is 0 Å². The first-order chi connectivity index (χ1) is 9.81. The molecule has 2 saturated heterocycles. The van der Waals surface area contributed by atoms with Gasteiger partial charge in [0.05, 0.1) is 0 Å². The molecule has 2 fully saturated rings. The van der Waals surface area contributed by atoms with Gasteiger partial charge in [0.15, 0.2) is 0 Å². The summed E-state index contributed by atoms with van der Waals surface area (Å²) in [5, 5.41) is 3.22. The summed E-state index contributed by atoms with van der Waals surface area (Å²) in [6.45, 7) is 6.59. The first-order valence-corrected chi connectivity index (χ1v) is 7.41. The molecule has 3 heterocycles. The fourth-order valence-electron chi connectivity index (χ4n) is 2.77. The Morgan fingerprint density at radius 2 is 2.10 bits per heavy atom. The van der Waals surface area contributed by atoms with Crippen LogP contribution in [-0.2, 0) is 11.3 Å². The van der Waals surface area contributed by atoms with Crippen LogP contribution in [0.5, 0.6) is 0 Å². The Balaban J connectivity index is 1.43. The van der Waals surface area contributed by atoms with E-state index in [9.17, 15) is 4.79 Å². The molecule has 0 bridgehead atoms. The van der Waals surface area contributed by atoms with E-state index in [0.29, 0.717) is 11.8 Å². The lowest BCUT2D eigenvalue weighted by atomic mass is 9.98. The van der Waals surface area contributed by atoms with Crippen LogP contribution in [-0.4, -0.2) is 60.0 Å². The van der Waals surface area contributed by atoms with Gasteiger partial charge in [-0.2, -0.15) is 0 Å². The zero-order valence-electron chi connectivity index (χ0n) is 11.8. The summed E-state index contributed by atoms with van der Waals surface area (Å²) in [5.41, 5.74) is 1.24. The summed E-state index contributed by atoms with van der Waals surface area (Å²) in [6, 6.07) is 4.08. The lowest BCUT2D eigenvalue weighted by molar-refractivity contribution is -0.134. The number of carbonyl (C=O) groups excluding carboxylic acids is 1. The maximum atomic E-state index is 12.1. The minimum Gasteiger partial charge on any atom is -0.340 e. The van der Waals surface area contributed by atoms with Crippen LogP contribution in [0.2, 0.25) is 0 Å². The Bertz CT molecular complexity index is 438. The van der Waals surface area contributed by atoms with Crippen LogP contribution in [0.15, 0.2) is 24.5 Å². The predicted octanol–water partition coefficient (Wildman–Crippen LogP) is 0.335. The van der Waals surface area contributed by atoms with Crippen molar-refractivity contribution in [2.75, 3.05) is 39.3 Å². The molecular formula is C15H22N4O. The molecule has 0 unspecified atom stereocenters. The smallest absolute Gasteiger partial charge is 0.223 e. The molecule has 0 aromatic carbocycles. The van der Waals surface area contributed by atoms with Gasteiger partial charge in [0, 0.05) is 51.5 Å². The van der Waals surface area contributed by atoms with E-state index in [1.807, 2.05) is 17.2 Å². The average Bonchev–Trinajstić information content (AvgIpc) is 2.44. The summed E-state index contributed by atoms with van der Waals surface area (Å²) >= 11 is 0. The van der Waals surface area contributed by atoms with E-state index in [1.54, 1.807) is 6.20 Å². The third-order valence-electron chi connectivity index (χ3n) is 4.18. The lowest BCUT2D eigenvalue weighted by Crippen LogP contribution is -2.50. The van der Waals surface area contributed by atoms with E-state index < -0.39 is 0 Å². The van der Waals surface area contributed by atoms with Crippen molar-refractivity contribution < 1.29 is 4.79 Å². The van der Waals surface area contributed by atoms with E-state index in [0.717, 1.165) is 52.2 Å². The van der Waals surface area contributed by atoms with Crippen LogP contribution in [0, 0.1) is 5.92 Å². The van der Waals surface area contributed by atoms with Crippen molar-refractivity contribution in [2.24, 2.45) is 5.92 Å². The molecule has 5 nitrogen and oxygen atoms in total. The summed E-state index contributed by atoms with van der Waals surface area (Å²) in [6.07, 6.45) is 4.44. The second kappa shape index (κ2) is 6.33. The van der Waals surface area contributed by atoms with Crippen molar-refractivity contribution in [1.29, 1.82) is 0 Å². The molecule has 2 aliphatic heterocycles. The quantitative estimate of drug-likeness (QED) is 0.860. The van der Waals surface area contributed by atoms with Gasteiger partial charge in [-0.1, -0.05) is 6.07 Å². The number of hydrogen-bond donors (Lipinski definition) is 1. The Morgan fingerprint density at radius 1 is 1.30 bits per heavy atom. The van der Waals surface area contributed by atoms with Gasteiger partial charge in [-0.15, -0.1) is 0 Å². The van der Waals surface area contributed by atoms with Crippen LogP contribution < -0.4 is 5.32 Å². The Kier molecular flexibility index (Phi) is 4.28. The maximum Gasteiger partial charge on any atom is 0.223 e. The topological polar surface area (TPSA) is 48.5 Å². The number of nitrogens with one attached hydrogen (secondary N) is 1. The number of hydrogen-bond acceptors (Lipinski definition) is 4. The van der Waals surface area contributed by atoms with Crippen LogP contribution in [0.3, 0.4) is 0 Å². The molecule has 1 amide bonds. The number of rotatable bonds is 4. The van der Waals surface area contributed by atoms with Crippen LogP contribution in [0.4, 0.5) is 0 Å². The molecule has 0 radical (unpaired) electrons. The Morgan fingerprint density at radius 3 is 2.70 bits per heavy atom. The largest absolute Gasteiger partial charge is 0.340 e. The second-order valence-corrected chi connectivity index (χ2v) is 5.75. The summed E-state index contributed by atoms with van der Waals surface area (Å²) < 4.78 is 0. The highest BCUT2D eigenvalue weighted by molar-refractivity contribution is 5.76. The number of piperazine rings is 1. The predicted molar refractivity (Wildman–Crippen MR) is 77.1 cm³/mol. The highest BCUT2D eigenvalue weighted by Crippen LogP contribution is 2.13. The molecule has 0 spiro atoms. The lowest BCUT2D eigenvalue weighted by Gasteiger charge is -2.36. The number of nitrogens with zero attached hydrogens (tertiary/aromatic N) is 3. The normalized spacial score (nSPS) is 20.7. The number of pyridine rings is 1. The van der Waals surface area contributed by atoms with Gasteiger partial charge in [-0.05, 0) is 30.6 Å². The average molecular weight is 274 g/mol.